The molecular formula is C24H28Cl2N4O4. The quantitative estimate of drug-likeness (QED) is 0.478. The predicted molar refractivity (Wildman–Crippen MR) is 132 cm³/mol. The Hall–Kier alpha value is -2.84. The summed E-state index contributed by atoms with van der Waals surface area (Å²) in [6.07, 6.45) is 2.89. The van der Waals surface area contributed by atoms with Crippen molar-refractivity contribution in [2.75, 3.05) is 0 Å². The van der Waals surface area contributed by atoms with Gasteiger partial charge in [-0.1, -0.05) is 47.5 Å². The van der Waals surface area contributed by atoms with Crippen molar-refractivity contribution in [2.45, 2.75) is 65.8 Å². The summed E-state index contributed by atoms with van der Waals surface area (Å²) in [7, 11) is 0. The smallest absolute Gasteiger partial charge is 0.289 e. The molecule has 0 aliphatic heterocycles. The summed E-state index contributed by atoms with van der Waals surface area (Å²) in [5.74, 6) is 0.457. The van der Waals surface area contributed by atoms with Crippen LogP contribution in [0.4, 0.5) is 0 Å². The van der Waals surface area contributed by atoms with E-state index in [1.165, 1.54) is 21.8 Å². The van der Waals surface area contributed by atoms with Gasteiger partial charge in [0.15, 0.2) is 21.5 Å². The maximum Gasteiger partial charge on any atom is 0.289 e. The zero-order valence-corrected chi connectivity index (χ0v) is 21.6. The molecule has 1 aromatic carbocycles. The maximum atomic E-state index is 12.4. The fourth-order valence-corrected chi connectivity index (χ4v) is 3.41. The van der Waals surface area contributed by atoms with E-state index < -0.39 is 22.2 Å². The van der Waals surface area contributed by atoms with Crippen LogP contribution in [0, 0.1) is 0 Å². The minimum atomic E-state index is -0.486. The van der Waals surface area contributed by atoms with Crippen LogP contribution in [0.25, 0.3) is 0 Å². The molecule has 34 heavy (non-hydrogen) atoms. The van der Waals surface area contributed by atoms with Crippen molar-refractivity contribution in [3.8, 4) is 11.5 Å². The number of hydrogen-bond acceptors (Lipinski definition) is 6. The van der Waals surface area contributed by atoms with E-state index in [0.717, 1.165) is 11.1 Å². The standard InChI is InChI=1S/C24H28Cl2N4O4/c1-23(2,3)29-21(31)19(25)17(11-27-29)33-13-15-7-9-16(10-8-15)14-34-18-12-28-30(24(4,5)6)22(32)20(18)26/h7-12H,13-14H2,1-6H3. The van der Waals surface area contributed by atoms with E-state index in [4.69, 9.17) is 32.7 Å². The molecule has 3 aromatic rings. The van der Waals surface area contributed by atoms with Gasteiger partial charge >= 0.3 is 0 Å². The normalized spacial score (nSPS) is 12.0. The minimum Gasteiger partial charge on any atom is -0.485 e. The third kappa shape index (κ3) is 5.80. The lowest BCUT2D eigenvalue weighted by Gasteiger charge is -2.21. The van der Waals surface area contributed by atoms with Gasteiger partial charge in [-0.25, -0.2) is 9.36 Å². The molecule has 0 saturated carbocycles. The number of halogens is 2. The molecule has 3 rings (SSSR count). The fraction of sp³-hybridized carbons (Fsp3) is 0.417. The molecule has 0 aliphatic rings. The van der Waals surface area contributed by atoms with Crippen molar-refractivity contribution < 1.29 is 9.47 Å². The molecule has 0 unspecified atom stereocenters. The Morgan fingerprint density at radius 3 is 1.32 bits per heavy atom. The van der Waals surface area contributed by atoms with Gasteiger partial charge in [-0.3, -0.25) is 9.59 Å². The van der Waals surface area contributed by atoms with E-state index in [0.29, 0.717) is 0 Å². The van der Waals surface area contributed by atoms with Crippen LogP contribution in [0.5, 0.6) is 11.5 Å². The molecule has 2 heterocycles. The van der Waals surface area contributed by atoms with Crippen LogP contribution < -0.4 is 20.6 Å². The Bertz CT molecular complexity index is 1190. The molecule has 0 fully saturated rings. The van der Waals surface area contributed by atoms with Crippen molar-refractivity contribution in [1.82, 2.24) is 19.6 Å². The van der Waals surface area contributed by atoms with Crippen LogP contribution in [0.1, 0.15) is 52.7 Å². The summed E-state index contributed by atoms with van der Waals surface area (Å²) in [4.78, 5) is 24.9. The molecule has 0 saturated heterocycles. The number of nitrogens with zero attached hydrogens (tertiary/aromatic N) is 4. The Labute approximate surface area is 208 Å². The lowest BCUT2D eigenvalue weighted by atomic mass is 10.1. The average Bonchev–Trinajstić information content (AvgIpc) is 2.74. The van der Waals surface area contributed by atoms with Crippen molar-refractivity contribution >= 4 is 23.2 Å². The summed E-state index contributed by atoms with van der Waals surface area (Å²) in [5.41, 5.74) is -0.0371. The lowest BCUT2D eigenvalue weighted by Crippen LogP contribution is -2.36. The molecule has 10 heteroatoms. The first-order valence-corrected chi connectivity index (χ1v) is 11.4. The van der Waals surface area contributed by atoms with Crippen molar-refractivity contribution in [3.63, 3.8) is 0 Å². The summed E-state index contributed by atoms with van der Waals surface area (Å²) in [6.45, 7) is 11.6. The van der Waals surface area contributed by atoms with Crippen molar-refractivity contribution in [3.05, 3.63) is 78.5 Å². The molecule has 182 valence electrons. The number of hydrogen-bond donors (Lipinski definition) is 0. The summed E-state index contributed by atoms with van der Waals surface area (Å²) >= 11 is 12.4. The van der Waals surface area contributed by atoms with Gasteiger partial charge in [0.25, 0.3) is 11.1 Å². The van der Waals surface area contributed by atoms with Crippen LogP contribution in [0.15, 0.2) is 46.2 Å². The van der Waals surface area contributed by atoms with Crippen LogP contribution in [0.3, 0.4) is 0 Å². The number of benzene rings is 1. The van der Waals surface area contributed by atoms with Gasteiger partial charge in [0.05, 0.1) is 23.5 Å². The van der Waals surface area contributed by atoms with Gasteiger partial charge in [-0.2, -0.15) is 10.2 Å². The van der Waals surface area contributed by atoms with Gasteiger partial charge in [0.2, 0.25) is 0 Å². The highest BCUT2D eigenvalue weighted by molar-refractivity contribution is 6.32. The first-order valence-electron chi connectivity index (χ1n) is 10.7. The van der Waals surface area contributed by atoms with E-state index in [2.05, 4.69) is 10.2 Å². The summed E-state index contributed by atoms with van der Waals surface area (Å²) in [6, 6.07) is 7.48. The molecule has 0 N–H and O–H groups in total. The maximum absolute atomic E-state index is 12.4. The number of aromatic nitrogens is 4. The lowest BCUT2D eigenvalue weighted by molar-refractivity contribution is 0.289. The molecule has 0 bridgehead atoms. The minimum absolute atomic E-state index is 0.00572. The van der Waals surface area contributed by atoms with Gasteiger partial charge in [-0.05, 0) is 52.7 Å². The van der Waals surface area contributed by atoms with E-state index >= 15 is 0 Å². The Balaban J connectivity index is 1.64. The topological polar surface area (TPSA) is 88.2 Å². The van der Waals surface area contributed by atoms with Crippen LogP contribution in [-0.2, 0) is 24.3 Å². The fourth-order valence-electron chi connectivity index (χ4n) is 3.05. The Morgan fingerprint density at radius 2 is 1.03 bits per heavy atom. The van der Waals surface area contributed by atoms with Gasteiger partial charge in [-0.15, -0.1) is 0 Å². The molecule has 0 radical (unpaired) electrons. The second kappa shape index (κ2) is 9.80. The molecule has 0 aliphatic carbocycles. The van der Waals surface area contributed by atoms with Gasteiger partial charge < -0.3 is 9.47 Å². The van der Waals surface area contributed by atoms with Gasteiger partial charge in [0, 0.05) is 0 Å². The SMILES string of the molecule is CC(C)(C)n1ncc(OCc2ccc(COc3cnn(C(C)(C)C)c(=O)c3Cl)cc2)c(Cl)c1=O. The van der Waals surface area contributed by atoms with E-state index in [-0.39, 0.29) is 34.8 Å². The highest BCUT2D eigenvalue weighted by Gasteiger charge is 2.21. The Kier molecular flexibility index (Phi) is 7.43. The number of rotatable bonds is 6. The molecular weight excluding hydrogens is 479 g/mol. The molecule has 8 nitrogen and oxygen atoms in total. The zero-order chi connectivity index (χ0) is 25.3. The summed E-state index contributed by atoms with van der Waals surface area (Å²) < 4.78 is 14.1. The van der Waals surface area contributed by atoms with E-state index in [9.17, 15) is 9.59 Å². The molecule has 0 atom stereocenters. The number of ether oxygens (including phenoxy) is 2. The molecule has 0 spiro atoms. The highest BCUT2D eigenvalue weighted by Crippen LogP contribution is 2.23. The second-order valence-corrected chi connectivity index (χ2v) is 10.6. The van der Waals surface area contributed by atoms with Crippen LogP contribution in [-0.4, -0.2) is 19.6 Å². The average molecular weight is 507 g/mol. The third-order valence-corrected chi connectivity index (χ3v) is 5.55. The summed E-state index contributed by atoms with van der Waals surface area (Å²) in [5, 5.41) is 8.31. The predicted octanol–water partition coefficient (Wildman–Crippen LogP) is 4.77. The second-order valence-electron chi connectivity index (χ2n) is 9.82. The molecule has 2 aromatic heterocycles. The van der Waals surface area contributed by atoms with Crippen molar-refractivity contribution in [1.29, 1.82) is 0 Å². The largest absolute Gasteiger partial charge is 0.485 e. The van der Waals surface area contributed by atoms with E-state index in [1.807, 2.05) is 65.8 Å². The first-order chi connectivity index (χ1) is 15.8. The van der Waals surface area contributed by atoms with E-state index in [1.54, 1.807) is 0 Å². The van der Waals surface area contributed by atoms with Crippen molar-refractivity contribution in [2.24, 2.45) is 0 Å². The highest BCUT2D eigenvalue weighted by atomic mass is 35.5. The van der Waals surface area contributed by atoms with Crippen LogP contribution in [0.2, 0.25) is 10.0 Å². The third-order valence-electron chi connectivity index (χ3n) is 4.86. The first kappa shape index (κ1) is 25.8. The monoisotopic (exact) mass is 506 g/mol. The van der Waals surface area contributed by atoms with Crippen LogP contribution >= 0.6 is 23.2 Å². The zero-order valence-electron chi connectivity index (χ0n) is 20.1. The Morgan fingerprint density at radius 1 is 0.706 bits per heavy atom. The molecule has 0 amide bonds. The van der Waals surface area contributed by atoms with Gasteiger partial charge in [0.1, 0.15) is 13.2 Å².